The molecule has 0 saturated carbocycles. The van der Waals surface area contributed by atoms with E-state index in [1.54, 1.807) is 24.1 Å². The van der Waals surface area contributed by atoms with E-state index in [1.165, 1.54) is 0 Å². The molecule has 7 heteroatoms. The molecule has 0 unspecified atom stereocenters. The number of rotatable bonds is 7. The van der Waals surface area contributed by atoms with Gasteiger partial charge in [-0.15, -0.1) is 0 Å². The van der Waals surface area contributed by atoms with Gasteiger partial charge in [0, 0.05) is 30.5 Å². The highest BCUT2D eigenvalue weighted by atomic mass is 16.2. The van der Waals surface area contributed by atoms with Gasteiger partial charge >= 0.3 is 0 Å². The molecule has 1 aromatic heterocycles. The van der Waals surface area contributed by atoms with Crippen LogP contribution in [0.3, 0.4) is 0 Å². The second kappa shape index (κ2) is 10.5. The third kappa shape index (κ3) is 5.65. The van der Waals surface area contributed by atoms with Crippen molar-refractivity contribution >= 4 is 17.8 Å². The summed E-state index contributed by atoms with van der Waals surface area (Å²) in [5.74, 6) is -0.851. The van der Waals surface area contributed by atoms with Crippen LogP contribution in [-0.4, -0.2) is 34.3 Å². The zero-order chi connectivity index (χ0) is 24.8. The van der Waals surface area contributed by atoms with E-state index < -0.39 is 5.96 Å². The normalized spacial score (nSPS) is 10.5. The molecule has 1 heterocycles. The van der Waals surface area contributed by atoms with Gasteiger partial charge in [0.25, 0.3) is 5.91 Å². The molecule has 176 valence electrons. The first-order valence-electron chi connectivity index (χ1n) is 11.2. The molecule has 2 amide bonds. The standard InChI is InChI=1S/C28H27N5O2/c1-32(18-20-8-4-2-5-9-20)27(35)23-14-12-22(13-15-23)25-17-16-24(21-10-6-3-7-11-21)33(25)19-26(34)31-28(29)30/h2-17H,18-19H2,1H3,(H4,29,30,31,34). The maximum Gasteiger partial charge on any atom is 0.253 e. The lowest BCUT2D eigenvalue weighted by atomic mass is 10.1. The minimum Gasteiger partial charge on any atom is -0.370 e. The number of aromatic nitrogens is 1. The molecule has 0 aliphatic heterocycles. The van der Waals surface area contributed by atoms with Crippen molar-refractivity contribution in [3.8, 4) is 22.5 Å². The van der Waals surface area contributed by atoms with E-state index >= 15 is 0 Å². The zero-order valence-corrected chi connectivity index (χ0v) is 19.4. The Balaban J connectivity index is 1.60. The maximum absolute atomic E-state index is 12.9. The molecule has 35 heavy (non-hydrogen) atoms. The van der Waals surface area contributed by atoms with Crippen molar-refractivity contribution < 1.29 is 9.59 Å². The van der Waals surface area contributed by atoms with Gasteiger partial charge in [-0.05, 0) is 41.0 Å². The lowest BCUT2D eigenvalue weighted by molar-refractivity contribution is -0.120. The highest BCUT2D eigenvalue weighted by Gasteiger charge is 2.17. The number of carbonyl (C=O) groups excluding carboxylic acids is 2. The van der Waals surface area contributed by atoms with Crippen LogP contribution in [0.1, 0.15) is 15.9 Å². The monoisotopic (exact) mass is 465 g/mol. The lowest BCUT2D eigenvalue weighted by Crippen LogP contribution is -2.37. The fourth-order valence-corrected chi connectivity index (χ4v) is 4.02. The number of hydrogen-bond donors (Lipinski definition) is 3. The number of nitrogens with one attached hydrogen (secondary N) is 2. The second-order valence-electron chi connectivity index (χ2n) is 8.24. The molecule has 0 atom stereocenters. The summed E-state index contributed by atoms with van der Waals surface area (Å²) < 4.78 is 1.88. The smallest absolute Gasteiger partial charge is 0.253 e. The Morgan fingerprint density at radius 2 is 1.37 bits per heavy atom. The second-order valence-corrected chi connectivity index (χ2v) is 8.24. The first-order valence-corrected chi connectivity index (χ1v) is 11.2. The van der Waals surface area contributed by atoms with Crippen LogP contribution < -0.4 is 11.1 Å². The summed E-state index contributed by atoms with van der Waals surface area (Å²) in [7, 11) is 1.79. The van der Waals surface area contributed by atoms with Crippen LogP contribution in [-0.2, 0) is 17.9 Å². The Morgan fingerprint density at radius 3 is 1.94 bits per heavy atom. The lowest BCUT2D eigenvalue weighted by Gasteiger charge is -2.18. The van der Waals surface area contributed by atoms with Crippen LogP contribution in [0.5, 0.6) is 0 Å². The van der Waals surface area contributed by atoms with Crippen LogP contribution >= 0.6 is 0 Å². The van der Waals surface area contributed by atoms with Crippen LogP contribution in [0.4, 0.5) is 0 Å². The summed E-state index contributed by atoms with van der Waals surface area (Å²) in [4.78, 5) is 27.1. The van der Waals surface area contributed by atoms with Gasteiger partial charge in [-0.25, -0.2) is 0 Å². The Hall–Kier alpha value is -4.65. The van der Waals surface area contributed by atoms with E-state index in [-0.39, 0.29) is 18.4 Å². The Labute approximate surface area is 204 Å². The molecule has 4 N–H and O–H groups in total. The predicted octanol–water partition coefficient (Wildman–Crippen LogP) is 4.10. The van der Waals surface area contributed by atoms with E-state index in [4.69, 9.17) is 11.1 Å². The molecule has 4 aromatic rings. The van der Waals surface area contributed by atoms with Gasteiger partial charge in [0.1, 0.15) is 6.54 Å². The van der Waals surface area contributed by atoms with Crippen LogP contribution in [0, 0.1) is 5.41 Å². The van der Waals surface area contributed by atoms with E-state index in [0.29, 0.717) is 12.1 Å². The fraction of sp³-hybridized carbons (Fsp3) is 0.107. The average Bonchev–Trinajstić information content (AvgIpc) is 3.27. The van der Waals surface area contributed by atoms with Gasteiger partial charge in [-0.3, -0.25) is 20.3 Å². The Bertz CT molecular complexity index is 1330. The molecule has 0 radical (unpaired) electrons. The molecule has 0 spiro atoms. The number of amides is 2. The van der Waals surface area contributed by atoms with Crippen molar-refractivity contribution in [3.63, 3.8) is 0 Å². The first kappa shape index (κ1) is 23.5. The summed E-state index contributed by atoms with van der Waals surface area (Å²) in [6.45, 7) is 0.516. The highest BCUT2D eigenvalue weighted by molar-refractivity contribution is 5.95. The van der Waals surface area contributed by atoms with Crippen LogP contribution in [0.25, 0.3) is 22.5 Å². The Kier molecular flexibility index (Phi) is 7.07. The van der Waals surface area contributed by atoms with E-state index in [0.717, 1.165) is 28.1 Å². The number of guanidine groups is 1. The molecule has 0 saturated heterocycles. The van der Waals surface area contributed by atoms with Crippen molar-refractivity contribution in [1.82, 2.24) is 14.8 Å². The van der Waals surface area contributed by atoms with Gasteiger partial charge in [-0.2, -0.15) is 0 Å². The summed E-state index contributed by atoms with van der Waals surface area (Å²) in [5.41, 5.74) is 10.5. The summed E-state index contributed by atoms with van der Waals surface area (Å²) >= 11 is 0. The topological polar surface area (TPSA) is 104 Å². The fourth-order valence-electron chi connectivity index (χ4n) is 4.02. The largest absolute Gasteiger partial charge is 0.370 e. The van der Waals surface area contributed by atoms with Crippen molar-refractivity contribution in [2.45, 2.75) is 13.1 Å². The summed E-state index contributed by atoms with van der Waals surface area (Å²) in [6, 6.07) is 30.9. The van der Waals surface area contributed by atoms with Crippen LogP contribution in [0.2, 0.25) is 0 Å². The predicted molar refractivity (Wildman–Crippen MR) is 138 cm³/mol. The number of nitrogens with two attached hydrogens (primary N) is 1. The molecular weight excluding hydrogens is 438 g/mol. The molecular formula is C28H27N5O2. The molecule has 0 fully saturated rings. The van der Waals surface area contributed by atoms with Crippen molar-refractivity contribution in [3.05, 3.63) is 108 Å². The van der Waals surface area contributed by atoms with Crippen LogP contribution in [0.15, 0.2) is 97.1 Å². The number of hydrogen-bond acceptors (Lipinski definition) is 3. The van der Waals surface area contributed by atoms with Gasteiger partial charge in [-0.1, -0.05) is 72.8 Å². The summed E-state index contributed by atoms with van der Waals surface area (Å²) in [6.07, 6.45) is 0. The molecule has 4 rings (SSSR count). The van der Waals surface area contributed by atoms with Crippen molar-refractivity contribution in [1.29, 1.82) is 5.41 Å². The van der Waals surface area contributed by atoms with Crippen molar-refractivity contribution in [2.75, 3.05) is 7.05 Å². The third-order valence-corrected chi connectivity index (χ3v) is 5.66. The SMILES string of the molecule is CN(Cc1ccccc1)C(=O)c1ccc(-c2ccc(-c3ccccc3)n2CC(=O)NC(=N)N)cc1. The quantitative estimate of drug-likeness (QED) is 0.283. The first-order chi connectivity index (χ1) is 16.9. The van der Waals surface area contributed by atoms with E-state index in [9.17, 15) is 9.59 Å². The van der Waals surface area contributed by atoms with Crippen molar-refractivity contribution in [2.24, 2.45) is 5.73 Å². The van der Waals surface area contributed by atoms with Gasteiger partial charge in [0.05, 0.1) is 0 Å². The number of nitrogens with zero attached hydrogens (tertiary/aromatic N) is 2. The zero-order valence-electron chi connectivity index (χ0n) is 19.4. The third-order valence-electron chi connectivity index (χ3n) is 5.66. The molecule has 7 nitrogen and oxygen atoms in total. The van der Waals surface area contributed by atoms with Gasteiger partial charge < -0.3 is 15.2 Å². The number of benzene rings is 3. The van der Waals surface area contributed by atoms with Gasteiger partial charge in [0.2, 0.25) is 5.91 Å². The minimum atomic E-state index is -0.396. The summed E-state index contributed by atoms with van der Waals surface area (Å²) in [5, 5.41) is 9.70. The molecule has 0 aliphatic carbocycles. The molecule has 0 aliphatic rings. The molecule has 0 bridgehead atoms. The average molecular weight is 466 g/mol. The van der Waals surface area contributed by atoms with E-state index in [2.05, 4.69) is 5.32 Å². The van der Waals surface area contributed by atoms with Gasteiger partial charge in [0.15, 0.2) is 5.96 Å². The minimum absolute atomic E-state index is 0.00731. The highest BCUT2D eigenvalue weighted by Crippen LogP contribution is 2.29. The van der Waals surface area contributed by atoms with E-state index in [1.807, 2.05) is 89.5 Å². The maximum atomic E-state index is 12.9. The molecule has 3 aromatic carbocycles. The Morgan fingerprint density at radius 1 is 0.829 bits per heavy atom. The number of carbonyl (C=O) groups is 2.